The maximum Gasteiger partial charge on any atom is 0.321 e. The van der Waals surface area contributed by atoms with E-state index < -0.39 is 38.6 Å². The standard InChI is InChI=1S/C12H15F2NO5S/c1-20-7-3-6-10(12(16)17)15-21(18,19)11-8(13)4-2-5-9(11)14/h2,4-5,10,15H,3,6-7H2,1H3,(H,16,17). The van der Waals surface area contributed by atoms with Gasteiger partial charge in [0.15, 0.2) is 4.90 Å². The molecular weight excluding hydrogens is 308 g/mol. The Morgan fingerprint density at radius 3 is 2.43 bits per heavy atom. The first kappa shape index (κ1) is 17.5. The van der Waals surface area contributed by atoms with Crippen LogP contribution in [0.3, 0.4) is 0 Å². The average Bonchev–Trinajstić information content (AvgIpc) is 2.37. The Kier molecular flexibility index (Phi) is 6.19. The molecule has 1 unspecified atom stereocenters. The summed E-state index contributed by atoms with van der Waals surface area (Å²) in [4.78, 5) is 9.83. The smallest absolute Gasteiger partial charge is 0.321 e. The molecule has 0 fully saturated rings. The first-order chi connectivity index (χ1) is 9.79. The average molecular weight is 323 g/mol. The van der Waals surface area contributed by atoms with Gasteiger partial charge in [0.25, 0.3) is 0 Å². The Hall–Kier alpha value is -1.58. The van der Waals surface area contributed by atoms with Crippen molar-refractivity contribution in [3.05, 3.63) is 29.8 Å². The minimum atomic E-state index is -4.62. The zero-order chi connectivity index (χ0) is 16.0. The van der Waals surface area contributed by atoms with Crippen LogP contribution in [0.5, 0.6) is 0 Å². The highest BCUT2D eigenvalue weighted by Crippen LogP contribution is 2.18. The molecule has 0 aromatic heterocycles. The Balaban J connectivity index is 2.99. The summed E-state index contributed by atoms with van der Waals surface area (Å²) >= 11 is 0. The van der Waals surface area contributed by atoms with E-state index in [1.54, 1.807) is 4.72 Å². The molecule has 0 bridgehead atoms. The van der Waals surface area contributed by atoms with Crippen LogP contribution in [0.2, 0.25) is 0 Å². The van der Waals surface area contributed by atoms with Gasteiger partial charge in [0, 0.05) is 13.7 Å². The molecule has 6 nitrogen and oxygen atoms in total. The van der Waals surface area contributed by atoms with Crippen LogP contribution in [0.1, 0.15) is 12.8 Å². The Morgan fingerprint density at radius 2 is 1.95 bits per heavy atom. The van der Waals surface area contributed by atoms with Gasteiger partial charge in [-0.3, -0.25) is 4.79 Å². The van der Waals surface area contributed by atoms with Crippen molar-refractivity contribution in [1.29, 1.82) is 0 Å². The maximum absolute atomic E-state index is 13.5. The number of carboxylic acid groups (broad SMARTS) is 1. The number of nitrogens with one attached hydrogen (secondary N) is 1. The van der Waals surface area contributed by atoms with Crippen LogP contribution in [0.15, 0.2) is 23.1 Å². The molecule has 0 aliphatic heterocycles. The van der Waals surface area contributed by atoms with Gasteiger partial charge >= 0.3 is 5.97 Å². The molecule has 21 heavy (non-hydrogen) atoms. The summed E-state index contributed by atoms with van der Waals surface area (Å²) < 4.78 is 57.3. The van der Waals surface area contributed by atoms with Crippen LogP contribution in [-0.4, -0.2) is 39.3 Å². The minimum Gasteiger partial charge on any atom is -0.480 e. The van der Waals surface area contributed by atoms with Crippen molar-refractivity contribution in [2.75, 3.05) is 13.7 Å². The molecule has 0 amide bonds. The van der Waals surface area contributed by atoms with E-state index in [0.717, 1.165) is 18.2 Å². The molecule has 1 aromatic carbocycles. The molecule has 1 aromatic rings. The second-order valence-corrected chi connectivity index (χ2v) is 5.85. The zero-order valence-corrected chi connectivity index (χ0v) is 12.0. The Bertz CT molecular complexity index is 585. The molecular formula is C12H15F2NO5S. The summed E-state index contributed by atoms with van der Waals surface area (Å²) in [5, 5.41) is 8.97. The molecule has 0 saturated carbocycles. The number of rotatable bonds is 8. The fourth-order valence-electron chi connectivity index (χ4n) is 1.65. The summed E-state index contributed by atoms with van der Waals surface area (Å²) in [6.45, 7) is 0.236. The summed E-state index contributed by atoms with van der Waals surface area (Å²) in [6.07, 6.45) is 0.203. The lowest BCUT2D eigenvalue weighted by Crippen LogP contribution is -2.41. The van der Waals surface area contributed by atoms with Gasteiger partial charge in [0.1, 0.15) is 17.7 Å². The summed E-state index contributed by atoms with van der Waals surface area (Å²) in [7, 11) is -3.21. The van der Waals surface area contributed by atoms with E-state index in [-0.39, 0.29) is 19.4 Å². The molecule has 118 valence electrons. The van der Waals surface area contributed by atoms with Gasteiger partial charge in [-0.1, -0.05) is 6.07 Å². The lowest BCUT2D eigenvalue weighted by Gasteiger charge is -2.15. The minimum absolute atomic E-state index is 0.0710. The van der Waals surface area contributed by atoms with Crippen molar-refractivity contribution < 1.29 is 31.8 Å². The monoisotopic (exact) mass is 323 g/mol. The number of halogens is 2. The van der Waals surface area contributed by atoms with Crippen molar-refractivity contribution in [3.63, 3.8) is 0 Å². The van der Waals surface area contributed by atoms with Gasteiger partial charge in [-0.05, 0) is 25.0 Å². The number of ether oxygens (including phenoxy) is 1. The van der Waals surface area contributed by atoms with Crippen LogP contribution >= 0.6 is 0 Å². The van der Waals surface area contributed by atoms with Crippen LogP contribution < -0.4 is 4.72 Å². The van der Waals surface area contributed by atoms with E-state index in [1.165, 1.54) is 7.11 Å². The molecule has 1 rings (SSSR count). The van der Waals surface area contributed by atoms with Gasteiger partial charge in [0.05, 0.1) is 0 Å². The van der Waals surface area contributed by atoms with Gasteiger partial charge < -0.3 is 9.84 Å². The molecule has 0 spiro atoms. The van der Waals surface area contributed by atoms with Crippen molar-refractivity contribution in [2.24, 2.45) is 0 Å². The normalized spacial score (nSPS) is 13.1. The van der Waals surface area contributed by atoms with Crippen molar-refractivity contribution in [1.82, 2.24) is 4.72 Å². The summed E-state index contributed by atoms with van der Waals surface area (Å²) in [6, 6.07) is 1.07. The molecule has 9 heteroatoms. The van der Waals surface area contributed by atoms with E-state index in [9.17, 15) is 22.0 Å². The number of aliphatic carboxylic acids is 1. The van der Waals surface area contributed by atoms with Crippen molar-refractivity contribution >= 4 is 16.0 Å². The summed E-state index contributed by atoms with van der Waals surface area (Å²) in [5.41, 5.74) is 0. The Morgan fingerprint density at radius 1 is 1.38 bits per heavy atom. The quantitative estimate of drug-likeness (QED) is 0.700. The van der Waals surface area contributed by atoms with Crippen LogP contribution in [0, 0.1) is 11.6 Å². The van der Waals surface area contributed by atoms with E-state index in [4.69, 9.17) is 9.84 Å². The highest BCUT2D eigenvalue weighted by Gasteiger charge is 2.29. The highest BCUT2D eigenvalue weighted by atomic mass is 32.2. The molecule has 0 radical (unpaired) electrons. The largest absolute Gasteiger partial charge is 0.480 e. The first-order valence-corrected chi connectivity index (χ1v) is 7.46. The van der Waals surface area contributed by atoms with E-state index in [2.05, 4.69) is 0 Å². The number of hydrogen-bond donors (Lipinski definition) is 2. The van der Waals surface area contributed by atoms with E-state index in [0.29, 0.717) is 0 Å². The molecule has 0 heterocycles. The molecule has 1 atom stereocenters. The Labute approximate surface area is 120 Å². The van der Waals surface area contributed by atoms with Gasteiger partial charge in [-0.15, -0.1) is 0 Å². The highest BCUT2D eigenvalue weighted by molar-refractivity contribution is 7.89. The number of carboxylic acids is 1. The fourth-order valence-corrected chi connectivity index (χ4v) is 3.01. The molecule has 0 aliphatic carbocycles. The van der Waals surface area contributed by atoms with Gasteiger partial charge in [-0.2, -0.15) is 4.72 Å². The predicted octanol–water partition coefficient (Wildman–Crippen LogP) is 1.12. The van der Waals surface area contributed by atoms with E-state index >= 15 is 0 Å². The van der Waals surface area contributed by atoms with Crippen LogP contribution in [0.25, 0.3) is 0 Å². The zero-order valence-electron chi connectivity index (χ0n) is 11.2. The number of sulfonamides is 1. The topological polar surface area (TPSA) is 92.7 Å². The fraction of sp³-hybridized carbons (Fsp3) is 0.417. The number of carbonyl (C=O) groups is 1. The van der Waals surface area contributed by atoms with Crippen molar-refractivity contribution in [3.8, 4) is 0 Å². The lowest BCUT2D eigenvalue weighted by molar-refractivity contribution is -0.139. The molecule has 0 aliphatic rings. The molecule has 2 N–H and O–H groups in total. The van der Waals surface area contributed by atoms with Crippen molar-refractivity contribution in [2.45, 2.75) is 23.8 Å². The van der Waals surface area contributed by atoms with Gasteiger partial charge in [-0.25, -0.2) is 17.2 Å². The second kappa shape index (κ2) is 7.43. The maximum atomic E-state index is 13.5. The van der Waals surface area contributed by atoms with Crippen LogP contribution in [0.4, 0.5) is 8.78 Å². The number of methoxy groups -OCH3 is 1. The number of hydrogen-bond acceptors (Lipinski definition) is 4. The van der Waals surface area contributed by atoms with Gasteiger partial charge in [0.2, 0.25) is 10.0 Å². The van der Waals surface area contributed by atoms with Crippen LogP contribution in [-0.2, 0) is 19.6 Å². The number of benzene rings is 1. The van der Waals surface area contributed by atoms with E-state index in [1.807, 2.05) is 0 Å². The first-order valence-electron chi connectivity index (χ1n) is 5.97. The molecule has 0 saturated heterocycles. The third-order valence-electron chi connectivity index (χ3n) is 2.62. The third-order valence-corrected chi connectivity index (χ3v) is 4.15. The predicted molar refractivity (Wildman–Crippen MR) is 69.2 cm³/mol. The SMILES string of the molecule is COCCCC(NS(=O)(=O)c1c(F)cccc1F)C(=O)O. The third kappa shape index (κ3) is 4.73. The lowest BCUT2D eigenvalue weighted by atomic mass is 10.2. The second-order valence-electron chi connectivity index (χ2n) is 4.20. The summed E-state index contributed by atoms with van der Waals surface area (Å²) in [5.74, 6) is -4.02.